The number of nitrogens with one attached hydrogen (secondary N) is 1. The second kappa shape index (κ2) is 6.98. The lowest BCUT2D eigenvalue weighted by Gasteiger charge is -2.26. The first-order valence-electron chi connectivity index (χ1n) is 6.10. The van der Waals surface area contributed by atoms with Gasteiger partial charge in [0.05, 0.1) is 0 Å². The molecule has 2 heterocycles. The molecule has 0 radical (unpaired) electrons. The van der Waals surface area contributed by atoms with Crippen molar-refractivity contribution in [3.63, 3.8) is 0 Å². The number of nitrogens with zero attached hydrogens (tertiary/aromatic N) is 2. The third-order valence-electron chi connectivity index (χ3n) is 2.92. The van der Waals surface area contributed by atoms with E-state index in [4.69, 9.17) is 16.7 Å². The predicted molar refractivity (Wildman–Crippen MR) is 78.5 cm³/mol. The summed E-state index contributed by atoms with van der Waals surface area (Å²) in [6.45, 7) is 3.72. The highest BCUT2D eigenvalue weighted by molar-refractivity contribution is 7.99. The van der Waals surface area contributed by atoms with Crippen LogP contribution < -0.4 is 5.32 Å². The van der Waals surface area contributed by atoms with E-state index in [1.807, 2.05) is 11.8 Å². The number of halogens is 1. The molecule has 104 valence electrons. The van der Waals surface area contributed by atoms with E-state index >= 15 is 0 Å². The molecular weight excluding hydrogens is 286 g/mol. The number of thioether (sulfide) groups is 1. The van der Waals surface area contributed by atoms with Crippen LogP contribution in [-0.4, -0.2) is 58.6 Å². The summed E-state index contributed by atoms with van der Waals surface area (Å²) in [5.74, 6) is 1.67. The largest absolute Gasteiger partial charge is 0.478 e. The van der Waals surface area contributed by atoms with Gasteiger partial charge in [-0.05, 0) is 12.1 Å². The van der Waals surface area contributed by atoms with Crippen LogP contribution in [0, 0.1) is 0 Å². The van der Waals surface area contributed by atoms with Gasteiger partial charge in [-0.1, -0.05) is 11.6 Å². The number of anilines is 1. The molecule has 2 N–H and O–H groups in total. The van der Waals surface area contributed by atoms with Crippen molar-refractivity contribution in [1.82, 2.24) is 9.88 Å². The highest BCUT2D eigenvalue weighted by Gasteiger charge is 2.13. The molecule has 0 spiro atoms. The van der Waals surface area contributed by atoms with E-state index in [1.165, 1.54) is 12.1 Å². The fourth-order valence-corrected chi connectivity index (χ4v) is 3.03. The quantitative estimate of drug-likeness (QED) is 0.810. The Morgan fingerprint density at radius 2 is 2.21 bits per heavy atom. The molecule has 0 aliphatic carbocycles. The second-order valence-electron chi connectivity index (χ2n) is 4.22. The SMILES string of the molecule is O=C(O)c1ccc(Cl)nc1NCCN1CCSCC1. The Labute approximate surface area is 121 Å². The maximum atomic E-state index is 11.1. The lowest BCUT2D eigenvalue weighted by atomic mass is 10.2. The molecule has 1 aliphatic rings. The van der Waals surface area contributed by atoms with Gasteiger partial charge in [0, 0.05) is 37.7 Å². The molecule has 0 atom stereocenters. The zero-order chi connectivity index (χ0) is 13.7. The first kappa shape index (κ1) is 14.4. The number of hydrogen-bond acceptors (Lipinski definition) is 5. The first-order valence-corrected chi connectivity index (χ1v) is 7.64. The van der Waals surface area contributed by atoms with Crippen molar-refractivity contribution < 1.29 is 9.90 Å². The molecule has 1 fully saturated rings. The normalized spacial score (nSPS) is 16.3. The second-order valence-corrected chi connectivity index (χ2v) is 5.83. The van der Waals surface area contributed by atoms with Gasteiger partial charge in [0.25, 0.3) is 0 Å². The van der Waals surface area contributed by atoms with Crippen molar-refractivity contribution in [3.05, 3.63) is 22.8 Å². The molecule has 1 aromatic heterocycles. The Balaban J connectivity index is 1.91. The molecule has 0 saturated carbocycles. The first-order chi connectivity index (χ1) is 9.16. The topological polar surface area (TPSA) is 65.5 Å². The molecule has 1 aromatic rings. The summed E-state index contributed by atoms with van der Waals surface area (Å²) in [5.41, 5.74) is 0.151. The van der Waals surface area contributed by atoms with Crippen LogP contribution in [-0.2, 0) is 0 Å². The minimum atomic E-state index is -0.999. The van der Waals surface area contributed by atoms with E-state index < -0.39 is 5.97 Å². The Bertz CT molecular complexity index is 453. The van der Waals surface area contributed by atoms with Crippen LogP contribution in [0.25, 0.3) is 0 Å². The molecule has 0 unspecified atom stereocenters. The molecule has 7 heteroatoms. The van der Waals surface area contributed by atoms with Crippen LogP contribution in [0.5, 0.6) is 0 Å². The lowest BCUT2D eigenvalue weighted by Crippen LogP contribution is -2.36. The van der Waals surface area contributed by atoms with Crippen molar-refractivity contribution in [2.24, 2.45) is 0 Å². The molecule has 1 aliphatic heterocycles. The van der Waals surface area contributed by atoms with Gasteiger partial charge in [-0.15, -0.1) is 0 Å². The van der Waals surface area contributed by atoms with Gasteiger partial charge in [-0.3, -0.25) is 4.90 Å². The monoisotopic (exact) mass is 301 g/mol. The van der Waals surface area contributed by atoms with Crippen LogP contribution in [0.4, 0.5) is 5.82 Å². The molecular formula is C12H16ClN3O2S. The van der Waals surface area contributed by atoms with Crippen molar-refractivity contribution in [1.29, 1.82) is 0 Å². The molecule has 1 saturated heterocycles. The summed E-state index contributed by atoms with van der Waals surface area (Å²) in [4.78, 5) is 17.4. The molecule has 2 rings (SSSR count). The van der Waals surface area contributed by atoms with Gasteiger partial charge in [0.2, 0.25) is 0 Å². The summed E-state index contributed by atoms with van der Waals surface area (Å²) < 4.78 is 0. The lowest BCUT2D eigenvalue weighted by molar-refractivity contribution is 0.0697. The predicted octanol–water partition coefficient (Wildman–Crippen LogP) is 1.89. The van der Waals surface area contributed by atoms with E-state index in [2.05, 4.69) is 15.2 Å². The van der Waals surface area contributed by atoms with E-state index in [9.17, 15) is 4.79 Å². The van der Waals surface area contributed by atoms with Crippen LogP contribution in [0.1, 0.15) is 10.4 Å². The molecule has 0 amide bonds. The summed E-state index contributed by atoms with van der Waals surface area (Å²) in [5, 5.41) is 12.4. The maximum Gasteiger partial charge on any atom is 0.339 e. The number of carboxylic acids is 1. The van der Waals surface area contributed by atoms with Gasteiger partial charge < -0.3 is 10.4 Å². The number of rotatable bonds is 5. The number of hydrogen-bond donors (Lipinski definition) is 2. The Morgan fingerprint density at radius 1 is 1.47 bits per heavy atom. The number of aromatic carboxylic acids is 1. The molecule has 0 aromatic carbocycles. The summed E-state index contributed by atoms with van der Waals surface area (Å²) >= 11 is 7.76. The van der Waals surface area contributed by atoms with E-state index in [1.54, 1.807) is 0 Å². The number of carboxylic acid groups (broad SMARTS) is 1. The van der Waals surface area contributed by atoms with E-state index in [0.29, 0.717) is 17.5 Å². The highest BCUT2D eigenvalue weighted by Crippen LogP contribution is 2.16. The minimum absolute atomic E-state index is 0.151. The average Bonchev–Trinajstić information content (AvgIpc) is 2.39. The average molecular weight is 302 g/mol. The Kier molecular flexibility index (Phi) is 5.30. The highest BCUT2D eigenvalue weighted by atomic mass is 35.5. The maximum absolute atomic E-state index is 11.1. The van der Waals surface area contributed by atoms with Gasteiger partial charge in [0.15, 0.2) is 0 Å². The van der Waals surface area contributed by atoms with Crippen LogP contribution >= 0.6 is 23.4 Å². The van der Waals surface area contributed by atoms with Crippen molar-refractivity contribution in [2.75, 3.05) is 43.0 Å². The standard InChI is InChI=1S/C12H16ClN3O2S/c13-10-2-1-9(12(17)18)11(15-10)14-3-4-16-5-7-19-8-6-16/h1-2H,3-8H2,(H,14,15)(H,17,18). The smallest absolute Gasteiger partial charge is 0.339 e. The number of pyridine rings is 1. The summed E-state index contributed by atoms with van der Waals surface area (Å²) in [7, 11) is 0. The zero-order valence-electron chi connectivity index (χ0n) is 10.4. The summed E-state index contributed by atoms with van der Waals surface area (Å²) in [6, 6.07) is 2.95. The van der Waals surface area contributed by atoms with Gasteiger partial charge in [-0.2, -0.15) is 11.8 Å². The van der Waals surface area contributed by atoms with Gasteiger partial charge in [-0.25, -0.2) is 9.78 Å². The number of carbonyl (C=O) groups is 1. The third-order valence-corrected chi connectivity index (χ3v) is 4.07. The molecule has 19 heavy (non-hydrogen) atoms. The minimum Gasteiger partial charge on any atom is -0.478 e. The van der Waals surface area contributed by atoms with E-state index in [-0.39, 0.29) is 5.56 Å². The fraction of sp³-hybridized carbons (Fsp3) is 0.500. The Morgan fingerprint density at radius 3 is 2.89 bits per heavy atom. The summed E-state index contributed by atoms with van der Waals surface area (Å²) in [6.07, 6.45) is 0. The van der Waals surface area contributed by atoms with Gasteiger partial charge in [0.1, 0.15) is 16.5 Å². The number of aromatic nitrogens is 1. The van der Waals surface area contributed by atoms with Crippen molar-refractivity contribution >= 4 is 35.1 Å². The van der Waals surface area contributed by atoms with Crippen LogP contribution in [0.2, 0.25) is 5.15 Å². The van der Waals surface area contributed by atoms with Crippen molar-refractivity contribution in [3.8, 4) is 0 Å². The van der Waals surface area contributed by atoms with Gasteiger partial charge >= 0.3 is 5.97 Å². The van der Waals surface area contributed by atoms with Crippen molar-refractivity contribution in [2.45, 2.75) is 0 Å². The zero-order valence-corrected chi connectivity index (χ0v) is 12.0. The third kappa shape index (κ3) is 4.26. The van der Waals surface area contributed by atoms with Crippen LogP contribution in [0.15, 0.2) is 12.1 Å². The fourth-order valence-electron chi connectivity index (χ4n) is 1.90. The molecule has 0 bridgehead atoms. The molecule has 5 nitrogen and oxygen atoms in total. The van der Waals surface area contributed by atoms with Crippen LogP contribution in [0.3, 0.4) is 0 Å². The van der Waals surface area contributed by atoms with E-state index in [0.717, 1.165) is 31.1 Å². The Hall–Kier alpha value is -0.980.